The highest BCUT2D eigenvalue weighted by Gasteiger charge is 2.32. The van der Waals surface area contributed by atoms with Crippen molar-refractivity contribution in [1.29, 1.82) is 0 Å². The fourth-order valence-electron chi connectivity index (χ4n) is 4.23. The second kappa shape index (κ2) is 7.08. The molecule has 138 valence electrons. The van der Waals surface area contributed by atoms with Crippen molar-refractivity contribution in [3.8, 4) is 0 Å². The summed E-state index contributed by atoms with van der Waals surface area (Å²) in [5.74, 6) is 2.08. The van der Waals surface area contributed by atoms with Crippen molar-refractivity contribution >= 4 is 5.91 Å². The van der Waals surface area contributed by atoms with Gasteiger partial charge in [0.25, 0.3) is 5.91 Å². The molecular formula is C19H29N3O3. The highest BCUT2D eigenvalue weighted by Crippen LogP contribution is 2.40. The molecule has 1 aliphatic carbocycles. The number of likely N-dealkylation sites (tertiary alicyclic amines) is 1. The van der Waals surface area contributed by atoms with Crippen LogP contribution in [0, 0.1) is 5.92 Å². The number of rotatable bonds is 4. The average Bonchev–Trinajstić information content (AvgIpc) is 3.31. The lowest BCUT2D eigenvalue weighted by atomic mass is 9.95. The molecule has 1 aromatic rings. The molecule has 1 aromatic heterocycles. The standard InChI is InChI=1S/C19H29N3O3/c1-13-10-21(11-14(2)24-13)12-15-5-7-22(8-6-15)19(23)17-9-18(25-20-17)16-3-4-16/h9,13-16H,3-8,10-12H2,1-2H3/t13-,14-/m1/s1. The highest BCUT2D eigenvalue weighted by atomic mass is 16.5. The van der Waals surface area contributed by atoms with E-state index in [1.54, 1.807) is 0 Å². The molecule has 0 N–H and O–H groups in total. The summed E-state index contributed by atoms with van der Waals surface area (Å²) in [5, 5.41) is 3.99. The number of nitrogens with zero attached hydrogens (tertiary/aromatic N) is 3. The van der Waals surface area contributed by atoms with Gasteiger partial charge in [-0.1, -0.05) is 5.16 Å². The van der Waals surface area contributed by atoms with Crippen molar-refractivity contribution in [3.63, 3.8) is 0 Å². The largest absolute Gasteiger partial charge is 0.373 e. The number of hydrogen-bond acceptors (Lipinski definition) is 5. The first kappa shape index (κ1) is 17.0. The molecule has 0 aromatic carbocycles. The van der Waals surface area contributed by atoms with E-state index in [1.807, 2.05) is 11.0 Å². The molecule has 3 fully saturated rings. The lowest BCUT2D eigenvalue weighted by Gasteiger charge is -2.39. The minimum absolute atomic E-state index is 0.0303. The topological polar surface area (TPSA) is 58.8 Å². The summed E-state index contributed by atoms with van der Waals surface area (Å²) in [6, 6.07) is 1.85. The van der Waals surface area contributed by atoms with Crippen LogP contribution in [0.25, 0.3) is 0 Å². The molecule has 0 bridgehead atoms. The Bertz CT molecular complexity index is 595. The Morgan fingerprint density at radius 2 is 1.84 bits per heavy atom. The van der Waals surface area contributed by atoms with Crippen LogP contribution in [0.5, 0.6) is 0 Å². The van der Waals surface area contributed by atoms with Gasteiger partial charge in [-0.2, -0.15) is 0 Å². The van der Waals surface area contributed by atoms with Crippen LogP contribution in [0.3, 0.4) is 0 Å². The molecule has 25 heavy (non-hydrogen) atoms. The molecule has 0 spiro atoms. The number of amides is 1. The van der Waals surface area contributed by atoms with Gasteiger partial charge in [-0.05, 0) is 45.4 Å². The maximum atomic E-state index is 12.6. The van der Waals surface area contributed by atoms with Gasteiger partial charge in [-0.3, -0.25) is 9.69 Å². The van der Waals surface area contributed by atoms with Crippen LogP contribution in [0.15, 0.2) is 10.6 Å². The van der Waals surface area contributed by atoms with Gasteiger partial charge in [-0.25, -0.2) is 0 Å². The van der Waals surface area contributed by atoms with Gasteiger partial charge < -0.3 is 14.2 Å². The number of carbonyl (C=O) groups excluding carboxylic acids is 1. The molecule has 6 heteroatoms. The van der Waals surface area contributed by atoms with Crippen molar-refractivity contribution in [2.45, 2.75) is 57.7 Å². The molecule has 3 aliphatic rings. The Balaban J connectivity index is 1.26. The minimum Gasteiger partial charge on any atom is -0.373 e. The van der Waals surface area contributed by atoms with Crippen molar-refractivity contribution in [2.75, 3.05) is 32.7 Å². The van der Waals surface area contributed by atoms with E-state index >= 15 is 0 Å². The van der Waals surface area contributed by atoms with Crippen LogP contribution in [0.2, 0.25) is 0 Å². The van der Waals surface area contributed by atoms with Gasteiger partial charge >= 0.3 is 0 Å². The number of hydrogen-bond donors (Lipinski definition) is 0. The number of carbonyl (C=O) groups is 1. The molecule has 0 radical (unpaired) electrons. The molecule has 1 saturated carbocycles. The molecule has 0 unspecified atom stereocenters. The van der Waals surface area contributed by atoms with Crippen LogP contribution >= 0.6 is 0 Å². The number of piperidine rings is 1. The van der Waals surface area contributed by atoms with E-state index in [0.29, 0.717) is 29.7 Å². The zero-order valence-electron chi connectivity index (χ0n) is 15.3. The minimum atomic E-state index is 0.0303. The highest BCUT2D eigenvalue weighted by molar-refractivity contribution is 5.92. The molecule has 2 atom stereocenters. The lowest BCUT2D eigenvalue weighted by molar-refractivity contribution is -0.0728. The summed E-state index contributed by atoms with van der Waals surface area (Å²) in [7, 11) is 0. The molecule has 3 heterocycles. The SMILES string of the molecule is C[C@@H]1CN(CC2CCN(C(=O)c3cc(C4CC4)on3)CC2)C[C@@H](C)O1. The Kier molecular flexibility index (Phi) is 4.82. The number of morpholine rings is 1. The summed E-state index contributed by atoms with van der Waals surface area (Å²) in [4.78, 5) is 17.1. The number of ether oxygens (including phenoxy) is 1. The van der Waals surface area contributed by atoms with Gasteiger partial charge in [0.05, 0.1) is 12.2 Å². The lowest BCUT2D eigenvalue weighted by Crippen LogP contribution is -2.48. The monoisotopic (exact) mass is 347 g/mol. The summed E-state index contributed by atoms with van der Waals surface area (Å²) in [5.41, 5.74) is 0.483. The van der Waals surface area contributed by atoms with Crippen LogP contribution in [0.1, 0.15) is 61.7 Å². The third-order valence-corrected chi connectivity index (χ3v) is 5.64. The summed E-state index contributed by atoms with van der Waals surface area (Å²) in [6.07, 6.45) is 5.09. The van der Waals surface area contributed by atoms with E-state index in [2.05, 4.69) is 23.9 Å². The molecule has 1 amide bonds. The third-order valence-electron chi connectivity index (χ3n) is 5.64. The predicted molar refractivity (Wildman–Crippen MR) is 93.6 cm³/mol. The van der Waals surface area contributed by atoms with Crippen molar-refractivity contribution in [2.24, 2.45) is 5.92 Å². The van der Waals surface area contributed by atoms with Gasteiger partial charge in [0.15, 0.2) is 5.69 Å². The second-order valence-electron chi connectivity index (χ2n) is 8.10. The van der Waals surface area contributed by atoms with Gasteiger partial charge in [0.1, 0.15) is 5.76 Å². The molecule has 2 saturated heterocycles. The average molecular weight is 347 g/mol. The van der Waals surface area contributed by atoms with Gasteiger partial charge in [0, 0.05) is 44.7 Å². The van der Waals surface area contributed by atoms with Crippen molar-refractivity contribution in [3.05, 3.63) is 17.5 Å². The zero-order valence-corrected chi connectivity index (χ0v) is 15.3. The Labute approximate surface area is 149 Å². The van der Waals surface area contributed by atoms with Gasteiger partial charge in [-0.15, -0.1) is 0 Å². The Morgan fingerprint density at radius 3 is 2.48 bits per heavy atom. The smallest absolute Gasteiger partial charge is 0.276 e. The van der Waals surface area contributed by atoms with Gasteiger partial charge in [0.2, 0.25) is 0 Å². The van der Waals surface area contributed by atoms with Crippen LogP contribution in [0.4, 0.5) is 0 Å². The van der Waals surface area contributed by atoms with E-state index in [-0.39, 0.29) is 5.91 Å². The van der Waals surface area contributed by atoms with Crippen LogP contribution < -0.4 is 0 Å². The van der Waals surface area contributed by atoms with Crippen molar-refractivity contribution in [1.82, 2.24) is 15.0 Å². The van der Waals surface area contributed by atoms with E-state index < -0.39 is 0 Å². The maximum Gasteiger partial charge on any atom is 0.276 e. The quantitative estimate of drug-likeness (QED) is 0.838. The summed E-state index contributed by atoms with van der Waals surface area (Å²) < 4.78 is 11.1. The van der Waals surface area contributed by atoms with Crippen molar-refractivity contribution < 1.29 is 14.1 Å². The summed E-state index contributed by atoms with van der Waals surface area (Å²) >= 11 is 0. The first-order valence-corrected chi connectivity index (χ1v) is 9.72. The zero-order chi connectivity index (χ0) is 17.4. The molecule has 4 rings (SSSR count). The Morgan fingerprint density at radius 1 is 1.16 bits per heavy atom. The van der Waals surface area contributed by atoms with E-state index in [9.17, 15) is 4.79 Å². The fourth-order valence-corrected chi connectivity index (χ4v) is 4.23. The van der Waals surface area contributed by atoms with E-state index in [4.69, 9.17) is 9.26 Å². The Hall–Kier alpha value is -1.40. The second-order valence-corrected chi connectivity index (χ2v) is 8.10. The molecular weight excluding hydrogens is 318 g/mol. The predicted octanol–water partition coefficient (Wildman–Crippen LogP) is 2.51. The van der Waals surface area contributed by atoms with E-state index in [1.165, 1.54) is 0 Å². The van der Waals surface area contributed by atoms with E-state index in [0.717, 1.165) is 64.2 Å². The molecule has 6 nitrogen and oxygen atoms in total. The fraction of sp³-hybridized carbons (Fsp3) is 0.789. The normalized spacial score (nSPS) is 29.1. The summed E-state index contributed by atoms with van der Waals surface area (Å²) in [6.45, 7) is 9.11. The molecule has 2 aliphatic heterocycles. The first-order chi connectivity index (χ1) is 12.1. The van der Waals surface area contributed by atoms with Crippen LogP contribution in [-0.2, 0) is 4.74 Å². The van der Waals surface area contributed by atoms with Crippen LogP contribution in [-0.4, -0.2) is 65.8 Å². The first-order valence-electron chi connectivity index (χ1n) is 9.72. The number of aromatic nitrogens is 1. The third kappa shape index (κ3) is 4.06. The maximum absolute atomic E-state index is 12.6.